The van der Waals surface area contributed by atoms with E-state index in [4.69, 9.17) is 11.5 Å². The first-order valence-corrected chi connectivity index (χ1v) is 6.28. The van der Waals surface area contributed by atoms with Crippen LogP contribution in [0.1, 0.15) is 31.0 Å². The van der Waals surface area contributed by atoms with Crippen molar-refractivity contribution in [2.75, 3.05) is 18.0 Å². The van der Waals surface area contributed by atoms with Crippen molar-refractivity contribution in [1.82, 2.24) is 4.98 Å². The van der Waals surface area contributed by atoms with Gasteiger partial charge in [0, 0.05) is 24.3 Å². The van der Waals surface area contributed by atoms with Gasteiger partial charge >= 0.3 is 0 Å². The third-order valence-electron chi connectivity index (χ3n) is 2.74. The van der Waals surface area contributed by atoms with E-state index in [1.165, 1.54) is 0 Å². The Hall–Kier alpha value is -1.62. The number of nitrogens with zero attached hydrogens (tertiary/aromatic N) is 2. The third kappa shape index (κ3) is 4.00. The van der Waals surface area contributed by atoms with Crippen LogP contribution in [-0.4, -0.2) is 24.0 Å². The Bertz CT molecular complexity index is 406. The van der Waals surface area contributed by atoms with Gasteiger partial charge in [0.1, 0.15) is 5.82 Å². The largest absolute Gasteiger partial charge is 0.368 e. The van der Waals surface area contributed by atoms with Crippen molar-refractivity contribution in [2.45, 2.75) is 33.2 Å². The van der Waals surface area contributed by atoms with Gasteiger partial charge in [-0.05, 0) is 19.4 Å². The molecule has 1 rings (SSSR count). The molecular weight excluding hydrogens is 228 g/mol. The molecule has 0 aromatic carbocycles. The number of carbonyl (C=O) groups is 1. The highest BCUT2D eigenvalue weighted by molar-refractivity contribution is 5.79. The molecular formula is C13H22N4O. The first-order chi connectivity index (χ1) is 8.58. The van der Waals surface area contributed by atoms with Gasteiger partial charge < -0.3 is 16.4 Å². The number of hydrogen-bond donors (Lipinski definition) is 2. The fraction of sp³-hybridized carbons (Fsp3) is 0.538. The lowest BCUT2D eigenvalue weighted by atomic mass is 10.2. The molecule has 0 saturated heterocycles. The minimum absolute atomic E-state index is 0.184. The summed E-state index contributed by atoms with van der Waals surface area (Å²) in [6.07, 6.45) is 2.05. The lowest BCUT2D eigenvalue weighted by molar-refractivity contribution is -0.116. The van der Waals surface area contributed by atoms with Gasteiger partial charge in [-0.2, -0.15) is 0 Å². The molecule has 100 valence electrons. The molecule has 0 spiro atoms. The Kier molecular flexibility index (Phi) is 5.58. The monoisotopic (exact) mass is 250 g/mol. The standard InChI is InChI=1S/C13H22N4O/c1-3-4-7-17(9-12(15)18)13-11(8-14)6-5-10(2)16-13/h5-6H,3-4,7-9,14H2,1-2H3,(H2,15,18). The van der Waals surface area contributed by atoms with E-state index in [0.717, 1.165) is 36.5 Å². The molecule has 1 aromatic heterocycles. The highest BCUT2D eigenvalue weighted by Crippen LogP contribution is 2.18. The van der Waals surface area contributed by atoms with Crippen molar-refractivity contribution in [3.05, 3.63) is 23.4 Å². The molecule has 5 heteroatoms. The molecule has 0 fully saturated rings. The molecule has 5 nitrogen and oxygen atoms in total. The van der Waals surface area contributed by atoms with Crippen LogP contribution >= 0.6 is 0 Å². The number of pyridine rings is 1. The zero-order valence-electron chi connectivity index (χ0n) is 11.1. The Morgan fingerprint density at radius 2 is 2.17 bits per heavy atom. The second-order valence-electron chi connectivity index (χ2n) is 4.38. The number of nitrogens with two attached hydrogens (primary N) is 2. The molecule has 0 bridgehead atoms. The molecule has 0 aliphatic heterocycles. The van der Waals surface area contributed by atoms with Crippen molar-refractivity contribution in [3.8, 4) is 0 Å². The minimum atomic E-state index is -0.350. The molecule has 0 aliphatic carbocycles. The third-order valence-corrected chi connectivity index (χ3v) is 2.74. The van der Waals surface area contributed by atoms with Crippen molar-refractivity contribution >= 4 is 11.7 Å². The zero-order valence-corrected chi connectivity index (χ0v) is 11.1. The van der Waals surface area contributed by atoms with E-state index >= 15 is 0 Å². The van der Waals surface area contributed by atoms with Crippen LogP contribution in [0.5, 0.6) is 0 Å². The number of rotatable bonds is 7. The first kappa shape index (κ1) is 14.4. The molecule has 0 unspecified atom stereocenters. The predicted octanol–water partition coefficient (Wildman–Crippen LogP) is 0.941. The minimum Gasteiger partial charge on any atom is -0.368 e. The van der Waals surface area contributed by atoms with Crippen molar-refractivity contribution in [3.63, 3.8) is 0 Å². The van der Waals surface area contributed by atoms with Gasteiger partial charge in [-0.3, -0.25) is 4.79 Å². The van der Waals surface area contributed by atoms with E-state index in [2.05, 4.69) is 11.9 Å². The second kappa shape index (κ2) is 6.96. The average molecular weight is 250 g/mol. The summed E-state index contributed by atoms with van der Waals surface area (Å²) >= 11 is 0. The number of amides is 1. The number of unbranched alkanes of at least 4 members (excludes halogenated alkanes) is 1. The highest BCUT2D eigenvalue weighted by atomic mass is 16.1. The quantitative estimate of drug-likeness (QED) is 0.754. The van der Waals surface area contributed by atoms with E-state index in [9.17, 15) is 4.79 Å². The molecule has 0 aliphatic rings. The number of aromatic nitrogens is 1. The summed E-state index contributed by atoms with van der Waals surface area (Å²) in [6, 6.07) is 3.88. The van der Waals surface area contributed by atoms with Crippen molar-refractivity contribution in [1.29, 1.82) is 0 Å². The Morgan fingerprint density at radius 3 is 2.72 bits per heavy atom. The van der Waals surface area contributed by atoms with Gasteiger partial charge in [-0.1, -0.05) is 19.4 Å². The lowest BCUT2D eigenvalue weighted by Gasteiger charge is -2.24. The Morgan fingerprint density at radius 1 is 1.44 bits per heavy atom. The van der Waals surface area contributed by atoms with Gasteiger partial charge in [0.25, 0.3) is 0 Å². The van der Waals surface area contributed by atoms with Gasteiger partial charge in [-0.25, -0.2) is 4.98 Å². The molecule has 0 atom stereocenters. The van der Waals surface area contributed by atoms with Crippen LogP contribution in [0.4, 0.5) is 5.82 Å². The number of anilines is 1. The highest BCUT2D eigenvalue weighted by Gasteiger charge is 2.14. The summed E-state index contributed by atoms with van der Waals surface area (Å²) in [6.45, 7) is 5.39. The first-order valence-electron chi connectivity index (χ1n) is 6.28. The molecule has 0 saturated carbocycles. The molecule has 1 heterocycles. The lowest BCUT2D eigenvalue weighted by Crippen LogP contribution is -2.36. The van der Waals surface area contributed by atoms with Crippen LogP contribution in [0, 0.1) is 6.92 Å². The number of carbonyl (C=O) groups excluding carboxylic acids is 1. The second-order valence-corrected chi connectivity index (χ2v) is 4.38. The maximum atomic E-state index is 11.2. The fourth-order valence-corrected chi connectivity index (χ4v) is 1.80. The van der Waals surface area contributed by atoms with Gasteiger partial charge in [0.15, 0.2) is 0 Å². The predicted molar refractivity (Wildman–Crippen MR) is 73.2 cm³/mol. The molecule has 1 amide bonds. The molecule has 0 radical (unpaired) electrons. The topological polar surface area (TPSA) is 85.2 Å². The maximum absolute atomic E-state index is 11.2. The van der Waals surface area contributed by atoms with Crippen LogP contribution in [0.3, 0.4) is 0 Å². The fourth-order valence-electron chi connectivity index (χ4n) is 1.80. The molecule has 1 aromatic rings. The smallest absolute Gasteiger partial charge is 0.236 e. The Labute approximate surface area is 108 Å². The average Bonchev–Trinajstić information content (AvgIpc) is 2.34. The van der Waals surface area contributed by atoms with Crippen LogP contribution < -0.4 is 16.4 Å². The van der Waals surface area contributed by atoms with Gasteiger partial charge in [-0.15, -0.1) is 0 Å². The van der Waals surface area contributed by atoms with Crippen molar-refractivity contribution < 1.29 is 4.79 Å². The normalized spacial score (nSPS) is 10.4. The van der Waals surface area contributed by atoms with Gasteiger partial charge in [0.05, 0.1) is 6.54 Å². The summed E-state index contributed by atoms with van der Waals surface area (Å²) in [5.41, 5.74) is 12.9. The van der Waals surface area contributed by atoms with E-state index < -0.39 is 0 Å². The van der Waals surface area contributed by atoms with E-state index in [0.29, 0.717) is 6.54 Å². The van der Waals surface area contributed by atoms with Crippen LogP contribution in [-0.2, 0) is 11.3 Å². The summed E-state index contributed by atoms with van der Waals surface area (Å²) in [5, 5.41) is 0. The van der Waals surface area contributed by atoms with Crippen molar-refractivity contribution in [2.24, 2.45) is 11.5 Å². The summed E-state index contributed by atoms with van der Waals surface area (Å²) in [4.78, 5) is 17.6. The van der Waals surface area contributed by atoms with E-state index in [1.54, 1.807) is 0 Å². The van der Waals surface area contributed by atoms with Gasteiger partial charge in [0.2, 0.25) is 5.91 Å². The van der Waals surface area contributed by atoms with E-state index in [1.807, 2.05) is 24.0 Å². The summed E-state index contributed by atoms with van der Waals surface area (Å²) in [5.74, 6) is 0.433. The Balaban J connectivity index is 3.01. The maximum Gasteiger partial charge on any atom is 0.236 e. The number of hydrogen-bond acceptors (Lipinski definition) is 4. The summed E-state index contributed by atoms with van der Waals surface area (Å²) < 4.78 is 0. The van der Waals surface area contributed by atoms with Crippen LogP contribution in [0.15, 0.2) is 12.1 Å². The zero-order chi connectivity index (χ0) is 13.5. The molecule has 4 N–H and O–H groups in total. The van der Waals surface area contributed by atoms with E-state index in [-0.39, 0.29) is 12.5 Å². The van der Waals surface area contributed by atoms with Crippen LogP contribution in [0.2, 0.25) is 0 Å². The number of aryl methyl sites for hydroxylation is 1. The molecule has 18 heavy (non-hydrogen) atoms. The van der Waals surface area contributed by atoms with Crippen LogP contribution in [0.25, 0.3) is 0 Å². The SMILES string of the molecule is CCCCN(CC(N)=O)c1nc(C)ccc1CN. The number of primary amides is 1. The summed E-state index contributed by atoms with van der Waals surface area (Å²) in [7, 11) is 0.